The molecule has 572 valence electrons. The Balaban J connectivity index is 0.903. The molecule has 0 aliphatic carbocycles. The van der Waals surface area contributed by atoms with Crippen LogP contribution in [0.25, 0.3) is 0 Å². The molecule has 0 amide bonds. The van der Waals surface area contributed by atoms with Crippen LogP contribution in [-0.2, 0) is 52.4 Å². The molecule has 12 N–H and O–H groups in total. The van der Waals surface area contributed by atoms with Crippen LogP contribution < -0.4 is 63.8 Å². The molecular weight excluding hydrogens is 1270 g/mol. The fourth-order valence-corrected chi connectivity index (χ4v) is 15.0. The summed E-state index contributed by atoms with van der Waals surface area (Å²) in [6.45, 7) is 50.5. The molecule has 0 radical (unpaired) electrons. The summed E-state index contributed by atoms with van der Waals surface area (Å²) in [5.41, 5.74) is 11.4. The molecule has 5 heterocycles. The maximum Gasteiger partial charge on any atom is 0.0234 e. The first-order valence-electron chi connectivity index (χ1n) is 41.2. The first-order chi connectivity index (χ1) is 50.6. The molecule has 0 spiro atoms. The van der Waals surface area contributed by atoms with Gasteiger partial charge < -0.3 is 63.8 Å². The highest BCUT2D eigenvalue weighted by molar-refractivity contribution is 5.26. The number of rotatable bonds is 16. The summed E-state index contributed by atoms with van der Waals surface area (Å²) < 4.78 is 0. The average Bonchev–Trinajstić information content (AvgIpc) is 0.998. The van der Waals surface area contributed by atoms with Crippen LogP contribution >= 0.6 is 0 Å². The number of nitrogens with one attached hydrogen (secondary N) is 12. The number of nitrogens with zero attached hydrogens (tertiary/aromatic N) is 8. The Morgan fingerprint density at radius 2 is 0.275 bits per heavy atom. The molecule has 4 aromatic carbocycles. The van der Waals surface area contributed by atoms with Gasteiger partial charge in [0.2, 0.25) is 0 Å². The van der Waals surface area contributed by atoms with Crippen LogP contribution in [0.4, 0.5) is 0 Å². The lowest BCUT2D eigenvalue weighted by molar-refractivity contribution is 0.148. The molecule has 20 heteroatoms. The lowest BCUT2D eigenvalue weighted by atomic mass is 10.1. The van der Waals surface area contributed by atoms with Crippen molar-refractivity contribution in [3.63, 3.8) is 0 Å². The molecule has 0 atom stereocenters. The van der Waals surface area contributed by atoms with Gasteiger partial charge in [0.25, 0.3) is 0 Å². The van der Waals surface area contributed by atoms with Gasteiger partial charge in [-0.15, -0.1) is 0 Å². The molecule has 5 aliphatic rings. The van der Waals surface area contributed by atoms with E-state index in [1.54, 1.807) is 0 Å². The summed E-state index contributed by atoms with van der Waals surface area (Å²) in [5, 5.41) is 43.9. The summed E-state index contributed by atoms with van der Waals surface area (Å²) in [4.78, 5) is 21.9. The number of benzene rings is 4. The van der Waals surface area contributed by atoms with E-state index in [4.69, 9.17) is 0 Å². The van der Waals surface area contributed by atoms with Crippen molar-refractivity contribution in [3.8, 4) is 0 Å². The van der Waals surface area contributed by atoms with Gasteiger partial charge in [0.15, 0.2) is 0 Å². The third kappa shape index (κ3) is 36.6. The summed E-state index contributed by atoms with van der Waals surface area (Å²) in [7, 11) is 0. The average molecular weight is 1410 g/mol. The molecule has 5 saturated heterocycles. The molecule has 4 aromatic rings. The number of hydrogen-bond donors (Lipinski definition) is 12. The Labute approximate surface area is 619 Å². The summed E-state index contributed by atoms with van der Waals surface area (Å²) in [5.74, 6) is 0. The van der Waals surface area contributed by atoms with Gasteiger partial charge in [-0.3, -0.25) is 39.2 Å². The zero-order chi connectivity index (χ0) is 70.0. The van der Waals surface area contributed by atoms with Crippen molar-refractivity contribution in [1.82, 2.24) is 103 Å². The van der Waals surface area contributed by atoms with E-state index < -0.39 is 0 Å². The van der Waals surface area contributed by atoms with Crippen LogP contribution in [0.5, 0.6) is 0 Å². The van der Waals surface area contributed by atoms with Gasteiger partial charge in [-0.1, -0.05) is 97.1 Å². The van der Waals surface area contributed by atoms with Crippen LogP contribution in [0, 0.1) is 0 Å². The minimum atomic E-state index is 0.968. The minimum Gasteiger partial charge on any atom is -0.315 e. The molecule has 20 nitrogen and oxygen atoms in total. The molecule has 102 heavy (non-hydrogen) atoms. The minimum absolute atomic E-state index is 0.968. The van der Waals surface area contributed by atoms with Crippen LogP contribution in [0.15, 0.2) is 97.1 Å². The van der Waals surface area contributed by atoms with Gasteiger partial charge >= 0.3 is 0 Å². The monoisotopic (exact) mass is 1410 g/mol. The zero-order valence-electron chi connectivity index (χ0n) is 63.8. The second-order valence-corrected chi connectivity index (χ2v) is 30.0. The summed E-state index contributed by atoms with van der Waals surface area (Å²) in [6, 6.07) is 39.1. The molecule has 0 saturated carbocycles. The Morgan fingerprint density at radius 3 is 0.451 bits per heavy atom. The van der Waals surface area contributed by atoms with Gasteiger partial charge in [0.1, 0.15) is 0 Å². The molecule has 0 aromatic heterocycles. The lowest BCUT2D eigenvalue weighted by Gasteiger charge is -2.32. The number of hydrogen-bond acceptors (Lipinski definition) is 20. The predicted molar refractivity (Wildman–Crippen MR) is 429 cm³/mol. The topological polar surface area (TPSA) is 170 Å². The van der Waals surface area contributed by atoms with Crippen LogP contribution in [0.2, 0.25) is 0 Å². The Morgan fingerprint density at radius 1 is 0.137 bits per heavy atom. The van der Waals surface area contributed by atoms with Crippen molar-refractivity contribution in [2.24, 2.45) is 0 Å². The van der Waals surface area contributed by atoms with Gasteiger partial charge in [0, 0.05) is 183 Å². The van der Waals surface area contributed by atoms with Gasteiger partial charge in [-0.25, -0.2) is 0 Å². The van der Waals surface area contributed by atoms with E-state index in [1.807, 2.05) is 0 Å². The van der Waals surface area contributed by atoms with E-state index in [9.17, 15) is 0 Å². The van der Waals surface area contributed by atoms with Crippen LogP contribution in [0.1, 0.15) is 109 Å². The van der Waals surface area contributed by atoms with E-state index in [0.717, 1.165) is 327 Å². The van der Waals surface area contributed by atoms with Gasteiger partial charge in [0.05, 0.1) is 0 Å². The molecule has 0 unspecified atom stereocenters. The second-order valence-electron chi connectivity index (χ2n) is 30.0. The van der Waals surface area contributed by atoms with Crippen LogP contribution in [0.3, 0.4) is 0 Å². The Bertz CT molecular complexity index is 2240. The second kappa shape index (κ2) is 53.0. The van der Waals surface area contributed by atoms with E-state index in [-0.39, 0.29) is 0 Å². The quantitative estimate of drug-likeness (QED) is 0.0769. The van der Waals surface area contributed by atoms with E-state index in [2.05, 4.69) is 200 Å². The van der Waals surface area contributed by atoms with Gasteiger partial charge in [-0.05, 0) is 240 Å². The molecule has 5 aliphatic heterocycles. The molecule has 0 bridgehead atoms. The Kier molecular flexibility index (Phi) is 42.7. The maximum atomic E-state index is 3.73. The maximum absolute atomic E-state index is 3.73. The molecule has 5 fully saturated rings. The van der Waals surface area contributed by atoms with Crippen molar-refractivity contribution in [2.45, 2.75) is 117 Å². The zero-order valence-corrected chi connectivity index (χ0v) is 63.8. The van der Waals surface area contributed by atoms with Crippen LogP contribution in [-0.4, -0.2) is 301 Å². The fourth-order valence-electron chi connectivity index (χ4n) is 15.0. The first-order valence-corrected chi connectivity index (χ1v) is 41.2. The molecule has 9 rings (SSSR count). The fraction of sp³-hybridized carbons (Fsp3) is 0.707. The summed E-state index contributed by atoms with van der Waals surface area (Å²) in [6.07, 6.45) is 11.6. The SMILES string of the molecule is c1cc(CN2CCCN(Cc3ccc(CN4CCCNCCNCCCNCC4)cc3)CCN(Cc3ccc(CN4CCCNCCNCCCNCC4)cc3)CCCN(Cc3ccc(CN4CCCNCCNCCCNCC4)cc3)CC2)ccc1CN1CCCNCCNCCCNCC1. The summed E-state index contributed by atoms with van der Waals surface area (Å²) >= 11 is 0. The van der Waals surface area contributed by atoms with E-state index in [1.165, 1.54) is 95.9 Å². The smallest absolute Gasteiger partial charge is 0.0234 e. The van der Waals surface area contributed by atoms with Crippen molar-refractivity contribution in [1.29, 1.82) is 0 Å². The normalized spacial score (nSPS) is 22.4. The largest absolute Gasteiger partial charge is 0.315 e. The first kappa shape index (κ1) is 82.1. The third-order valence-electron chi connectivity index (χ3n) is 21.2. The predicted octanol–water partition coefficient (Wildman–Crippen LogP) is 4.25. The van der Waals surface area contributed by atoms with E-state index in [0.29, 0.717) is 0 Å². The standard InChI is InChI=1S/C82H144N20/c1-27-83-39-43-87-35-5-51-95(59-47-91-31-1)67-75-11-19-79(20-12-75)71-99-55-9-56-101(73-81-23-15-77(16-24-81)69-97-53-7-37-89-45-41-85-29-3-33-93-49-61-97)65-66-102(74-82-25-17-78(18-26-82)70-98-54-8-38-90-46-42-86-30-4-34-94-50-62-98)58-10-57-100(64-63-99)72-80-21-13-76(14-22-80)68-96-52-6-36-88-44-40-84-28-2-32-92-48-60-96/h11-26,83-94H,1-10,27-74H2. The Hall–Kier alpha value is -3.92. The highest BCUT2D eigenvalue weighted by atomic mass is 15.2. The highest BCUT2D eigenvalue weighted by Crippen LogP contribution is 2.19. The molecular formula is C82H144N20. The third-order valence-corrected chi connectivity index (χ3v) is 21.2. The lowest BCUT2D eigenvalue weighted by Crippen LogP contribution is -2.40. The van der Waals surface area contributed by atoms with Crippen molar-refractivity contribution >= 4 is 0 Å². The van der Waals surface area contributed by atoms with Crippen molar-refractivity contribution < 1.29 is 0 Å². The van der Waals surface area contributed by atoms with Gasteiger partial charge in [-0.2, -0.15) is 0 Å². The highest BCUT2D eigenvalue weighted by Gasteiger charge is 2.20. The van der Waals surface area contributed by atoms with Crippen molar-refractivity contribution in [2.75, 3.05) is 262 Å². The van der Waals surface area contributed by atoms with Crippen molar-refractivity contribution in [3.05, 3.63) is 142 Å². The van der Waals surface area contributed by atoms with E-state index >= 15 is 0 Å².